The minimum Gasteiger partial charge on any atom is -0.303 e. The van der Waals surface area contributed by atoms with Crippen molar-refractivity contribution in [2.75, 3.05) is 14.1 Å². The molecule has 1 saturated carbocycles. The van der Waals surface area contributed by atoms with Crippen LogP contribution in [0.2, 0.25) is 0 Å². The Labute approximate surface area is 105 Å². The molecule has 1 nitrogen and oxygen atoms in total. The first-order valence-corrected chi connectivity index (χ1v) is 6.60. The van der Waals surface area contributed by atoms with E-state index in [1.807, 2.05) is 0 Å². The van der Waals surface area contributed by atoms with E-state index in [-0.39, 0.29) is 0 Å². The van der Waals surface area contributed by atoms with Crippen LogP contribution in [0, 0.1) is 6.92 Å². The van der Waals surface area contributed by atoms with E-state index in [4.69, 9.17) is 0 Å². The van der Waals surface area contributed by atoms with Gasteiger partial charge in [0, 0.05) is 6.04 Å². The summed E-state index contributed by atoms with van der Waals surface area (Å²) in [5.41, 5.74) is 4.30. The molecule has 1 fully saturated rings. The third-order valence-corrected chi connectivity index (χ3v) is 3.64. The Bertz CT molecular complexity index is 404. The summed E-state index contributed by atoms with van der Waals surface area (Å²) in [4.78, 5) is 2.36. The monoisotopic (exact) mass is 229 g/mol. The molecule has 0 aliphatic heterocycles. The topological polar surface area (TPSA) is 3.24 Å². The van der Waals surface area contributed by atoms with Crippen LogP contribution in [0.15, 0.2) is 29.8 Å². The fraction of sp³-hybridized carbons (Fsp3) is 0.500. The molecule has 92 valence electrons. The molecule has 0 heterocycles. The number of hydrogen-bond donors (Lipinski definition) is 0. The smallest absolute Gasteiger partial charge is 0.0304 e. The van der Waals surface area contributed by atoms with Gasteiger partial charge in [-0.3, -0.25) is 0 Å². The average Bonchev–Trinajstić information content (AvgIpc) is 2.29. The zero-order valence-corrected chi connectivity index (χ0v) is 11.2. The van der Waals surface area contributed by atoms with Crippen LogP contribution in [0.5, 0.6) is 0 Å². The Morgan fingerprint density at radius 3 is 2.76 bits per heavy atom. The van der Waals surface area contributed by atoms with Crippen molar-refractivity contribution < 1.29 is 0 Å². The van der Waals surface area contributed by atoms with Gasteiger partial charge in [-0.1, -0.05) is 47.9 Å². The molecule has 0 amide bonds. The van der Waals surface area contributed by atoms with Gasteiger partial charge in [0.25, 0.3) is 0 Å². The SMILES string of the molecule is Cc1cccc(/C=C2/CCCCC2N(C)C)c1. The van der Waals surface area contributed by atoms with Crippen molar-refractivity contribution >= 4 is 6.08 Å². The van der Waals surface area contributed by atoms with E-state index in [1.54, 1.807) is 5.57 Å². The van der Waals surface area contributed by atoms with E-state index in [1.165, 1.54) is 36.8 Å². The van der Waals surface area contributed by atoms with Gasteiger partial charge < -0.3 is 4.90 Å². The fourth-order valence-corrected chi connectivity index (χ4v) is 2.75. The number of rotatable bonds is 2. The maximum atomic E-state index is 2.40. The molecule has 1 aliphatic carbocycles. The second-order valence-corrected chi connectivity index (χ2v) is 5.36. The number of benzene rings is 1. The molecule has 1 aromatic carbocycles. The summed E-state index contributed by atoms with van der Waals surface area (Å²) < 4.78 is 0. The number of nitrogens with zero attached hydrogens (tertiary/aromatic N) is 1. The second-order valence-electron chi connectivity index (χ2n) is 5.36. The molecule has 1 aliphatic rings. The van der Waals surface area contributed by atoms with Crippen molar-refractivity contribution in [2.45, 2.75) is 38.6 Å². The van der Waals surface area contributed by atoms with Gasteiger partial charge in [-0.2, -0.15) is 0 Å². The molecule has 0 spiro atoms. The lowest BCUT2D eigenvalue weighted by atomic mass is 9.88. The van der Waals surface area contributed by atoms with Crippen LogP contribution in [0.3, 0.4) is 0 Å². The number of hydrogen-bond acceptors (Lipinski definition) is 1. The molecule has 0 bridgehead atoms. The zero-order valence-electron chi connectivity index (χ0n) is 11.2. The molecular weight excluding hydrogens is 206 g/mol. The lowest BCUT2D eigenvalue weighted by molar-refractivity contribution is 0.285. The van der Waals surface area contributed by atoms with Gasteiger partial charge in [0.2, 0.25) is 0 Å². The highest BCUT2D eigenvalue weighted by Gasteiger charge is 2.20. The molecule has 0 radical (unpaired) electrons. The first-order valence-electron chi connectivity index (χ1n) is 6.60. The van der Waals surface area contributed by atoms with E-state index >= 15 is 0 Å². The van der Waals surface area contributed by atoms with Crippen molar-refractivity contribution in [1.29, 1.82) is 0 Å². The fourth-order valence-electron chi connectivity index (χ4n) is 2.75. The maximum absolute atomic E-state index is 2.40. The molecule has 1 aromatic rings. The number of likely N-dealkylation sites (N-methyl/N-ethyl adjacent to an activating group) is 1. The van der Waals surface area contributed by atoms with Crippen LogP contribution < -0.4 is 0 Å². The third-order valence-electron chi connectivity index (χ3n) is 3.64. The van der Waals surface area contributed by atoms with Gasteiger partial charge in [0.1, 0.15) is 0 Å². The van der Waals surface area contributed by atoms with Gasteiger partial charge in [0.05, 0.1) is 0 Å². The zero-order chi connectivity index (χ0) is 12.3. The second kappa shape index (κ2) is 5.50. The van der Waals surface area contributed by atoms with E-state index in [2.05, 4.69) is 56.3 Å². The Kier molecular flexibility index (Phi) is 4.01. The summed E-state index contributed by atoms with van der Waals surface area (Å²) in [6, 6.07) is 9.43. The Morgan fingerprint density at radius 1 is 1.24 bits per heavy atom. The van der Waals surface area contributed by atoms with Gasteiger partial charge in [-0.05, 0) is 45.8 Å². The molecule has 2 rings (SSSR count). The largest absolute Gasteiger partial charge is 0.303 e. The lowest BCUT2D eigenvalue weighted by Crippen LogP contribution is -2.31. The molecule has 0 aromatic heterocycles. The van der Waals surface area contributed by atoms with Crippen LogP contribution in [0.25, 0.3) is 6.08 Å². The number of aryl methyl sites for hydroxylation is 1. The normalized spacial score (nSPS) is 23.3. The van der Waals surface area contributed by atoms with Gasteiger partial charge in [0.15, 0.2) is 0 Å². The van der Waals surface area contributed by atoms with Crippen molar-refractivity contribution in [2.24, 2.45) is 0 Å². The average molecular weight is 229 g/mol. The van der Waals surface area contributed by atoms with Crippen molar-refractivity contribution in [3.63, 3.8) is 0 Å². The molecule has 1 heteroatoms. The minimum atomic E-state index is 0.643. The van der Waals surface area contributed by atoms with E-state index < -0.39 is 0 Å². The molecule has 17 heavy (non-hydrogen) atoms. The Hall–Kier alpha value is -1.08. The summed E-state index contributed by atoms with van der Waals surface area (Å²) in [7, 11) is 4.39. The highest BCUT2D eigenvalue weighted by atomic mass is 15.1. The first-order chi connectivity index (χ1) is 8.16. The quantitative estimate of drug-likeness (QED) is 0.744. The highest BCUT2D eigenvalue weighted by Crippen LogP contribution is 2.28. The summed E-state index contributed by atoms with van der Waals surface area (Å²) in [5.74, 6) is 0. The molecule has 0 saturated heterocycles. The predicted octanol–water partition coefficient (Wildman–Crippen LogP) is 3.88. The summed E-state index contributed by atoms with van der Waals surface area (Å²) in [5, 5.41) is 0. The minimum absolute atomic E-state index is 0.643. The van der Waals surface area contributed by atoms with Gasteiger partial charge in [-0.15, -0.1) is 0 Å². The summed E-state index contributed by atoms with van der Waals surface area (Å²) >= 11 is 0. The lowest BCUT2D eigenvalue weighted by Gasteiger charge is -2.31. The standard InChI is InChI=1S/C16H23N/c1-13-7-6-8-14(11-13)12-15-9-4-5-10-16(15)17(2)3/h6-8,11-12,16H,4-5,9-10H2,1-3H3/b15-12-. The summed E-state index contributed by atoms with van der Waals surface area (Å²) in [6.07, 6.45) is 7.69. The highest BCUT2D eigenvalue weighted by molar-refractivity contribution is 5.55. The van der Waals surface area contributed by atoms with Crippen LogP contribution in [-0.4, -0.2) is 25.0 Å². The van der Waals surface area contributed by atoms with Gasteiger partial charge in [-0.25, -0.2) is 0 Å². The van der Waals surface area contributed by atoms with E-state index in [9.17, 15) is 0 Å². The van der Waals surface area contributed by atoms with Crippen molar-refractivity contribution in [1.82, 2.24) is 4.90 Å². The molecule has 1 atom stereocenters. The summed E-state index contributed by atoms with van der Waals surface area (Å²) in [6.45, 7) is 2.16. The van der Waals surface area contributed by atoms with Crippen molar-refractivity contribution in [3.8, 4) is 0 Å². The van der Waals surface area contributed by atoms with Crippen LogP contribution in [0.4, 0.5) is 0 Å². The first kappa shape index (κ1) is 12.4. The predicted molar refractivity (Wildman–Crippen MR) is 75.1 cm³/mol. The van der Waals surface area contributed by atoms with E-state index in [0.29, 0.717) is 6.04 Å². The van der Waals surface area contributed by atoms with Gasteiger partial charge >= 0.3 is 0 Å². The Morgan fingerprint density at radius 2 is 2.06 bits per heavy atom. The Balaban J connectivity index is 2.24. The van der Waals surface area contributed by atoms with Crippen LogP contribution in [0.1, 0.15) is 36.8 Å². The molecule has 1 unspecified atom stereocenters. The van der Waals surface area contributed by atoms with Crippen LogP contribution >= 0.6 is 0 Å². The van der Waals surface area contributed by atoms with Crippen molar-refractivity contribution in [3.05, 3.63) is 41.0 Å². The van der Waals surface area contributed by atoms with Crippen LogP contribution in [-0.2, 0) is 0 Å². The molecule has 0 N–H and O–H groups in total. The molecular formula is C16H23N. The van der Waals surface area contributed by atoms with E-state index in [0.717, 1.165) is 0 Å². The maximum Gasteiger partial charge on any atom is 0.0304 e. The third kappa shape index (κ3) is 3.19.